The molecular formula is C22H23NO3S2. The van der Waals surface area contributed by atoms with Crippen LogP contribution in [-0.2, 0) is 14.3 Å². The van der Waals surface area contributed by atoms with Gasteiger partial charge in [0.15, 0.2) is 5.78 Å². The van der Waals surface area contributed by atoms with Crippen molar-refractivity contribution in [1.82, 2.24) is 0 Å². The van der Waals surface area contributed by atoms with Gasteiger partial charge in [0.25, 0.3) is 0 Å². The molecule has 1 aliphatic carbocycles. The summed E-state index contributed by atoms with van der Waals surface area (Å²) in [7, 11) is 1.40. The van der Waals surface area contributed by atoms with Gasteiger partial charge in [0, 0.05) is 44.0 Å². The highest BCUT2D eigenvalue weighted by molar-refractivity contribution is 7.21. The number of Topliss-reactive ketones (excluding diaryl/α,β-unsaturated/α-hetero) is 1. The quantitative estimate of drug-likeness (QED) is 0.627. The van der Waals surface area contributed by atoms with Crippen LogP contribution in [0.2, 0.25) is 0 Å². The van der Waals surface area contributed by atoms with Crippen LogP contribution < -0.4 is 0 Å². The van der Waals surface area contributed by atoms with E-state index in [1.165, 1.54) is 12.0 Å². The van der Waals surface area contributed by atoms with Crippen LogP contribution in [0.4, 0.5) is 0 Å². The number of allylic oxidation sites excluding steroid dienone is 2. The Labute approximate surface area is 173 Å². The molecule has 4 rings (SSSR count). The van der Waals surface area contributed by atoms with Crippen LogP contribution in [0.5, 0.6) is 0 Å². The third-order valence-corrected chi connectivity index (χ3v) is 7.69. The predicted molar refractivity (Wildman–Crippen MR) is 114 cm³/mol. The van der Waals surface area contributed by atoms with Crippen molar-refractivity contribution in [1.29, 1.82) is 0 Å². The second kappa shape index (κ2) is 7.08. The molecule has 28 heavy (non-hydrogen) atoms. The molecule has 146 valence electrons. The van der Waals surface area contributed by atoms with Crippen LogP contribution >= 0.6 is 22.7 Å². The van der Waals surface area contributed by atoms with Gasteiger partial charge < -0.3 is 4.74 Å². The minimum atomic E-state index is -0.552. The van der Waals surface area contributed by atoms with Crippen molar-refractivity contribution in [2.24, 2.45) is 16.3 Å². The van der Waals surface area contributed by atoms with E-state index in [0.717, 1.165) is 27.6 Å². The number of rotatable bonds is 3. The zero-order valence-corrected chi connectivity index (χ0v) is 18.1. The molecule has 0 amide bonds. The number of nitrogens with zero attached hydrogens (tertiary/aromatic N) is 1. The normalized spacial score (nSPS) is 24.0. The number of carbonyl (C=O) groups is 2. The number of hydrogen-bond donors (Lipinski definition) is 0. The highest BCUT2D eigenvalue weighted by Gasteiger charge is 2.46. The molecular weight excluding hydrogens is 390 g/mol. The van der Waals surface area contributed by atoms with Crippen LogP contribution in [0.25, 0.3) is 9.75 Å². The van der Waals surface area contributed by atoms with Crippen molar-refractivity contribution in [3.8, 4) is 9.75 Å². The summed E-state index contributed by atoms with van der Waals surface area (Å²) in [5.41, 5.74) is 2.17. The molecule has 0 saturated heterocycles. The van der Waals surface area contributed by atoms with Gasteiger partial charge in [-0.2, -0.15) is 0 Å². The lowest BCUT2D eigenvalue weighted by Gasteiger charge is -2.38. The summed E-state index contributed by atoms with van der Waals surface area (Å²) in [5, 5.41) is 2.05. The van der Waals surface area contributed by atoms with E-state index in [9.17, 15) is 9.59 Å². The molecule has 0 bridgehead atoms. The number of ether oxygens (including phenoxy) is 1. The number of hydrogen-bond acceptors (Lipinski definition) is 6. The molecule has 2 aliphatic rings. The first kappa shape index (κ1) is 19.3. The first-order chi connectivity index (χ1) is 13.3. The largest absolute Gasteiger partial charge is 0.468 e. The van der Waals surface area contributed by atoms with E-state index < -0.39 is 5.92 Å². The van der Waals surface area contributed by atoms with Crippen LogP contribution in [-0.4, -0.2) is 24.6 Å². The molecule has 2 atom stereocenters. The van der Waals surface area contributed by atoms with Gasteiger partial charge in [-0.05, 0) is 42.3 Å². The summed E-state index contributed by atoms with van der Waals surface area (Å²) >= 11 is 3.34. The first-order valence-corrected chi connectivity index (χ1v) is 11.0. The molecule has 0 fully saturated rings. The Morgan fingerprint density at radius 3 is 2.68 bits per heavy atom. The Morgan fingerprint density at radius 1 is 1.21 bits per heavy atom. The standard InChI is InChI=1S/C22H23NO3S2/c1-12-18(21(25)26-4)20(17-8-7-16(28-17)15-6-5-9-27-15)19-13(23-12)10-22(2,3)11-14(19)24/h5-9,18,20H,10-11H2,1-4H3/t18?,20-/m0/s1. The van der Waals surface area contributed by atoms with Gasteiger partial charge in [-0.25, -0.2) is 0 Å². The van der Waals surface area contributed by atoms with E-state index in [0.29, 0.717) is 12.0 Å². The lowest BCUT2D eigenvalue weighted by Crippen LogP contribution is -2.39. The number of esters is 1. The summed E-state index contributed by atoms with van der Waals surface area (Å²) in [4.78, 5) is 33.9. The maximum atomic E-state index is 13.2. The van der Waals surface area contributed by atoms with Gasteiger partial charge in [0.05, 0.1) is 7.11 Å². The molecule has 4 nitrogen and oxygen atoms in total. The minimum absolute atomic E-state index is 0.104. The Hall–Kier alpha value is -2.05. The van der Waals surface area contributed by atoms with Crippen LogP contribution in [0.1, 0.15) is 44.4 Å². The predicted octanol–water partition coefficient (Wildman–Crippen LogP) is 5.47. The fourth-order valence-corrected chi connectivity index (χ4v) is 6.25. The maximum Gasteiger partial charge on any atom is 0.315 e. The lowest BCUT2D eigenvalue weighted by atomic mass is 9.68. The number of methoxy groups -OCH3 is 1. The molecule has 1 unspecified atom stereocenters. The monoisotopic (exact) mass is 413 g/mol. The average Bonchev–Trinajstić information content (AvgIpc) is 3.30. The molecule has 0 saturated carbocycles. The lowest BCUT2D eigenvalue weighted by molar-refractivity contribution is -0.143. The summed E-state index contributed by atoms with van der Waals surface area (Å²) in [5.74, 6) is -1.10. The Kier molecular flexibility index (Phi) is 4.88. The van der Waals surface area contributed by atoms with Crippen molar-refractivity contribution in [2.75, 3.05) is 7.11 Å². The Morgan fingerprint density at radius 2 is 2.00 bits per heavy atom. The first-order valence-electron chi connectivity index (χ1n) is 9.33. The fraction of sp³-hybridized carbons (Fsp3) is 0.409. The molecule has 0 aromatic carbocycles. The second-order valence-electron chi connectivity index (χ2n) is 8.21. The summed E-state index contributed by atoms with van der Waals surface area (Å²) in [6, 6.07) is 8.25. The average molecular weight is 414 g/mol. The SMILES string of the molecule is COC(=O)C1C(C)=NC2=C(C(=O)CC(C)(C)C2)[C@H]1c1ccc(-c2cccs2)s1. The Balaban J connectivity index is 1.85. The highest BCUT2D eigenvalue weighted by Crippen LogP contribution is 2.50. The number of ketones is 1. The van der Waals surface area contributed by atoms with E-state index >= 15 is 0 Å². The molecule has 0 N–H and O–H groups in total. The molecule has 1 aliphatic heterocycles. The third-order valence-electron chi connectivity index (χ3n) is 5.45. The summed E-state index contributed by atoms with van der Waals surface area (Å²) < 4.78 is 5.10. The summed E-state index contributed by atoms with van der Waals surface area (Å²) in [6.07, 6.45) is 1.23. The van der Waals surface area contributed by atoms with E-state index in [2.05, 4.69) is 37.4 Å². The smallest absolute Gasteiger partial charge is 0.315 e. The molecule has 0 spiro atoms. The molecule has 2 aromatic heterocycles. The van der Waals surface area contributed by atoms with E-state index in [1.54, 1.807) is 22.7 Å². The topological polar surface area (TPSA) is 55.7 Å². The van der Waals surface area contributed by atoms with Gasteiger partial charge in [0.1, 0.15) is 5.92 Å². The number of aliphatic imine (C=N–C) groups is 1. The zero-order valence-electron chi connectivity index (χ0n) is 16.4. The van der Waals surface area contributed by atoms with Gasteiger partial charge in [-0.1, -0.05) is 19.9 Å². The Bertz CT molecular complexity index is 995. The van der Waals surface area contributed by atoms with E-state index in [4.69, 9.17) is 9.73 Å². The van der Waals surface area contributed by atoms with Crippen molar-refractivity contribution >= 4 is 40.1 Å². The molecule has 3 heterocycles. The summed E-state index contributed by atoms with van der Waals surface area (Å²) in [6.45, 7) is 6.07. The number of carbonyl (C=O) groups excluding carboxylic acids is 2. The van der Waals surface area contributed by atoms with Gasteiger partial charge in [0.2, 0.25) is 0 Å². The minimum Gasteiger partial charge on any atom is -0.468 e. The van der Waals surface area contributed by atoms with Gasteiger partial charge in [-0.3, -0.25) is 14.6 Å². The van der Waals surface area contributed by atoms with Crippen molar-refractivity contribution in [3.05, 3.63) is 45.8 Å². The van der Waals surface area contributed by atoms with Crippen molar-refractivity contribution in [2.45, 2.75) is 39.5 Å². The van der Waals surface area contributed by atoms with Crippen LogP contribution in [0.3, 0.4) is 0 Å². The van der Waals surface area contributed by atoms with Crippen molar-refractivity contribution in [3.63, 3.8) is 0 Å². The third kappa shape index (κ3) is 3.29. The van der Waals surface area contributed by atoms with E-state index in [1.807, 2.05) is 13.0 Å². The highest BCUT2D eigenvalue weighted by atomic mass is 32.1. The zero-order chi connectivity index (χ0) is 20.1. The maximum absolute atomic E-state index is 13.2. The molecule has 2 aromatic rings. The number of thiophene rings is 2. The molecule has 6 heteroatoms. The van der Waals surface area contributed by atoms with E-state index in [-0.39, 0.29) is 23.1 Å². The van der Waals surface area contributed by atoms with Crippen molar-refractivity contribution < 1.29 is 14.3 Å². The van der Waals surface area contributed by atoms with Crippen LogP contribution in [0.15, 0.2) is 45.9 Å². The second-order valence-corrected chi connectivity index (χ2v) is 10.3. The molecule has 0 radical (unpaired) electrons. The van der Waals surface area contributed by atoms with Crippen LogP contribution in [0, 0.1) is 11.3 Å². The fourth-order valence-electron chi connectivity index (χ4n) is 4.26. The van der Waals surface area contributed by atoms with Gasteiger partial charge in [-0.15, -0.1) is 22.7 Å². The van der Waals surface area contributed by atoms with Gasteiger partial charge >= 0.3 is 5.97 Å².